The van der Waals surface area contributed by atoms with E-state index in [1.165, 1.54) is 12.1 Å². The summed E-state index contributed by atoms with van der Waals surface area (Å²) in [5.74, 6) is 0.124. The van der Waals surface area contributed by atoms with Gasteiger partial charge >= 0.3 is 6.36 Å². The van der Waals surface area contributed by atoms with Crippen LogP contribution in [0.2, 0.25) is 0 Å². The maximum atomic E-state index is 11.5. The van der Waals surface area contributed by atoms with Gasteiger partial charge in [0.2, 0.25) is 0 Å². The van der Waals surface area contributed by atoms with Gasteiger partial charge in [-0.2, -0.15) is 0 Å². The van der Waals surface area contributed by atoms with E-state index in [4.69, 9.17) is 4.42 Å². The van der Waals surface area contributed by atoms with Gasteiger partial charge in [-0.3, -0.25) is 4.74 Å². The Morgan fingerprint density at radius 1 is 1.42 bits per heavy atom. The summed E-state index contributed by atoms with van der Waals surface area (Å²) in [6.07, 6.45) is -4.61. The quantitative estimate of drug-likeness (QED) is 0.798. The van der Waals surface area contributed by atoms with Gasteiger partial charge < -0.3 is 4.42 Å². The molecular weight excluding hydrogens is 241 g/mol. The van der Waals surface area contributed by atoms with E-state index < -0.39 is 13.0 Å². The van der Waals surface area contributed by atoms with Crippen LogP contribution in [0.3, 0.4) is 0 Å². The first kappa shape index (κ1) is 9.60. The van der Waals surface area contributed by atoms with E-state index in [1.807, 2.05) is 0 Å². The van der Waals surface area contributed by atoms with Gasteiger partial charge in [0.1, 0.15) is 12.4 Å². The maximum Gasteiger partial charge on any atom is 0.522 e. The van der Waals surface area contributed by atoms with Gasteiger partial charge in [0.25, 0.3) is 0 Å². The van der Waals surface area contributed by atoms with Crippen LogP contribution in [0.5, 0.6) is 0 Å². The molecule has 0 radical (unpaired) electrons. The van der Waals surface area contributed by atoms with Gasteiger partial charge in [-0.25, -0.2) is 0 Å². The Morgan fingerprint density at radius 2 is 2.08 bits per heavy atom. The van der Waals surface area contributed by atoms with Gasteiger partial charge in [0.15, 0.2) is 4.67 Å². The summed E-state index contributed by atoms with van der Waals surface area (Å²) in [5, 5.41) is 0. The largest absolute Gasteiger partial charge is 0.522 e. The van der Waals surface area contributed by atoms with E-state index in [-0.39, 0.29) is 5.76 Å². The molecule has 6 heteroatoms. The first-order valence-corrected chi connectivity index (χ1v) is 3.71. The van der Waals surface area contributed by atoms with Crippen molar-refractivity contribution >= 4 is 15.9 Å². The molecule has 0 N–H and O–H groups in total. The molecule has 0 spiro atoms. The molecule has 1 aromatic heterocycles. The topological polar surface area (TPSA) is 22.4 Å². The molecule has 0 aliphatic heterocycles. The van der Waals surface area contributed by atoms with E-state index in [1.54, 1.807) is 0 Å². The monoisotopic (exact) mass is 244 g/mol. The molecule has 0 aliphatic carbocycles. The second-order valence-electron chi connectivity index (χ2n) is 1.94. The van der Waals surface area contributed by atoms with Crippen LogP contribution in [-0.4, -0.2) is 6.36 Å². The summed E-state index contributed by atoms with van der Waals surface area (Å²) >= 11 is 2.95. The highest BCUT2D eigenvalue weighted by atomic mass is 79.9. The first-order valence-electron chi connectivity index (χ1n) is 2.92. The number of halogens is 4. The van der Waals surface area contributed by atoms with Gasteiger partial charge in [-0.15, -0.1) is 13.2 Å². The highest BCUT2D eigenvalue weighted by Crippen LogP contribution is 2.21. The summed E-state index contributed by atoms with van der Waals surface area (Å²) in [5.41, 5.74) is 0. The second kappa shape index (κ2) is 3.49. The molecule has 68 valence electrons. The van der Waals surface area contributed by atoms with Gasteiger partial charge in [0, 0.05) is 0 Å². The van der Waals surface area contributed by atoms with Crippen molar-refractivity contribution in [3.63, 3.8) is 0 Å². The zero-order valence-corrected chi connectivity index (χ0v) is 7.28. The third-order valence-electron chi connectivity index (χ3n) is 1.01. The smallest absolute Gasteiger partial charge is 0.452 e. The lowest BCUT2D eigenvalue weighted by Gasteiger charge is -2.04. The van der Waals surface area contributed by atoms with E-state index in [0.29, 0.717) is 4.67 Å². The van der Waals surface area contributed by atoms with Crippen molar-refractivity contribution in [2.75, 3.05) is 0 Å². The van der Waals surface area contributed by atoms with Crippen LogP contribution in [-0.2, 0) is 11.3 Å². The normalized spacial score (nSPS) is 12.0. The second-order valence-corrected chi connectivity index (χ2v) is 2.72. The van der Waals surface area contributed by atoms with Crippen molar-refractivity contribution in [2.24, 2.45) is 0 Å². The Balaban J connectivity index is 2.44. The maximum absolute atomic E-state index is 11.5. The Hall–Kier alpha value is -0.490. The van der Waals surface area contributed by atoms with Crippen LogP contribution < -0.4 is 0 Å². The first-order chi connectivity index (χ1) is 5.47. The zero-order chi connectivity index (χ0) is 9.19. The predicted octanol–water partition coefficient (Wildman–Crippen LogP) is 3.08. The molecular formula is C6H4BrF3O2. The summed E-state index contributed by atoms with van der Waals surface area (Å²) in [6.45, 7) is -0.602. The fraction of sp³-hybridized carbons (Fsp3) is 0.333. The van der Waals surface area contributed by atoms with Crippen molar-refractivity contribution in [3.8, 4) is 0 Å². The standard InChI is InChI=1S/C6H4BrF3O2/c7-5-2-1-4(12-5)3-11-6(8,9)10/h1-2H,3H2. The Kier molecular flexibility index (Phi) is 2.79. The van der Waals surface area contributed by atoms with Crippen LogP contribution in [0.1, 0.15) is 5.76 Å². The van der Waals surface area contributed by atoms with Crippen molar-refractivity contribution in [3.05, 3.63) is 22.6 Å². The lowest BCUT2D eigenvalue weighted by Crippen LogP contribution is -2.12. The summed E-state index contributed by atoms with van der Waals surface area (Å²) < 4.78 is 43.1. The summed E-state index contributed by atoms with van der Waals surface area (Å²) in [7, 11) is 0. The molecule has 0 saturated heterocycles. The molecule has 1 aromatic rings. The van der Waals surface area contributed by atoms with Crippen LogP contribution in [0.4, 0.5) is 13.2 Å². The van der Waals surface area contributed by atoms with E-state index in [0.717, 1.165) is 0 Å². The van der Waals surface area contributed by atoms with Crippen molar-refractivity contribution in [1.29, 1.82) is 0 Å². The highest BCUT2D eigenvalue weighted by molar-refractivity contribution is 9.10. The van der Waals surface area contributed by atoms with Gasteiger partial charge in [-0.1, -0.05) is 0 Å². The molecule has 0 saturated carbocycles. The minimum Gasteiger partial charge on any atom is -0.452 e. The Morgan fingerprint density at radius 3 is 2.50 bits per heavy atom. The number of alkyl halides is 3. The molecule has 12 heavy (non-hydrogen) atoms. The number of furan rings is 1. The minimum atomic E-state index is -4.61. The fourth-order valence-electron chi connectivity index (χ4n) is 0.582. The third kappa shape index (κ3) is 3.27. The zero-order valence-electron chi connectivity index (χ0n) is 5.69. The Bertz CT molecular complexity index is 256. The van der Waals surface area contributed by atoms with Gasteiger partial charge in [-0.05, 0) is 28.1 Å². The number of hydrogen-bond acceptors (Lipinski definition) is 2. The third-order valence-corrected chi connectivity index (χ3v) is 1.43. The van der Waals surface area contributed by atoms with E-state index >= 15 is 0 Å². The number of rotatable bonds is 2. The molecule has 2 nitrogen and oxygen atoms in total. The van der Waals surface area contributed by atoms with Crippen molar-refractivity contribution < 1.29 is 22.3 Å². The molecule has 0 unspecified atom stereocenters. The minimum absolute atomic E-state index is 0.124. The van der Waals surface area contributed by atoms with Crippen molar-refractivity contribution in [1.82, 2.24) is 0 Å². The van der Waals surface area contributed by atoms with Crippen LogP contribution in [0.25, 0.3) is 0 Å². The molecule has 0 atom stereocenters. The average Bonchev–Trinajstić information content (AvgIpc) is 2.30. The Labute approximate surface area is 74.4 Å². The lowest BCUT2D eigenvalue weighted by molar-refractivity contribution is -0.331. The highest BCUT2D eigenvalue weighted by Gasteiger charge is 2.29. The SMILES string of the molecule is FC(F)(F)OCc1ccc(Br)o1. The van der Waals surface area contributed by atoms with E-state index in [9.17, 15) is 13.2 Å². The lowest BCUT2D eigenvalue weighted by atomic mass is 10.5. The molecule has 0 aromatic carbocycles. The average molecular weight is 245 g/mol. The van der Waals surface area contributed by atoms with Crippen LogP contribution in [0.15, 0.2) is 21.2 Å². The van der Waals surface area contributed by atoms with Crippen molar-refractivity contribution in [2.45, 2.75) is 13.0 Å². The van der Waals surface area contributed by atoms with Crippen LogP contribution >= 0.6 is 15.9 Å². The fourth-order valence-corrected chi connectivity index (χ4v) is 0.922. The molecule has 0 amide bonds. The molecule has 0 fully saturated rings. The van der Waals surface area contributed by atoms with Gasteiger partial charge in [0.05, 0.1) is 0 Å². The molecule has 0 bridgehead atoms. The number of hydrogen-bond donors (Lipinski definition) is 0. The molecule has 1 heterocycles. The predicted molar refractivity (Wildman–Crippen MR) is 37.3 cm³/mol. The van der Waals surface area contributed by atoms with E-state index in [2.05, 4.69) is 20.7 Å². The summed E-state index contributed by atoms with van der Waals surface area (Å²) in [4.78, 5) is 0. The molecule has 1 rings (SSSR count). The molecule has 0 aliphatic rings. The number of ether oxygens (including phenoxy) is 1. The van der Waals surface area contributed by atoms with Crippen LogP contribution in [0, 0.1) is 0 Å². The summed E-state index contributed by atoms with van der Waals surface area (Å²) in [6, 6.07) is 2.89.